The van der Waals surface area contributed by atoms with Gasteiger partial charge in [0.15, 0.2) is 0 Å². The highest BCUT2D eigenvalue weighted by atomic mass is 16.5. The van der Waals surface area contributed by atoms with E-state index < -0.39 is 0 Å². The number of rotatable bonds is 6. The zero-order valence-corrected chi connectivity index (χ0v) is 10.2. The summed E-state index contributed by atoms with van der Waals surface area (Å²) in [5, 5.41) is 3.23. The number of hydrogen-bond acceptors (Lipinski definition) is 5. The molecule has 3 N–H and O–H groups in total. The van der Waals surface area contributed by atoms with Crippen LogP contribution in [0.4, 0.5) is 5.82 Å². The summed E-state index contributed by atoms with van der Waals surface area (Å²) in [6.07, 6.45) is 2.61. The molecule has 0 spiro atoms. The predicted octanol–water partition coefficient (Wildman–Crippen LogP) is 0.869. The molecule has 1 rings (SSSR count). The summed E-state index contributed by atoms with van der Waals surface area (Å²) in [5.41, 5.74) is 7.63. The van der Waals surface area contributed by atoms with Gasteiger partial charge in [-0.25, -0.2) is 4.98 Å². The minimum absolute atomic E-state index is 0.0653. The molecule has 1 atom stereocenters. The fourth-order valence-electron chi connectivity index (χ4n) is 1.38. The van der Waals surface area contributed by atoms with Gasteiger partial charge < -0.3 is 15.8 Å². The van der Waals surface area contributed by atoms with Gasteiger partial charge in [-0.15, -0.1) is 0 Å². The van der Waals surface area contributed by atoms with Gasteiger partial charge in [0.1, 0.15) is 5.82 Å². The van der Waals surface area contributed by atoms with Gasteiger partial charge in [0.2, 0.25) is 0 Å². The fourth-order valence-corrected chi connectivity index (χ4v) is 1.38. The minimum atomic E-state index is 0.0653. The highest BCUT2D eigenvalue weighted by Crippen LogP contribution is 2.08. The van der Waals surface area contributed by atoms with E-state index in [1.165, 1.54) is 0 Å². The summed E-state index contributed by atoms with van der Waals surface area (Å²) in [7, 11) is 1.66. The molecule has 0 fully saturated rings. The van der Waals surface area contributed by atoms with Crippen LogP contribution in [0.15, 0.2) is 6.20 Å². The number of anilines is 1. The van der Waals surface area contributed by atoms with Crippen LogP contribution < -0.4 is 11.1 Å². The van der Waals surface area contributed by atoms with Crippen LogP contribution in [-0.2, 0) is 4.74 Å². The SMILES string of the molecule is COCC(N)CCNc1nc(C)cnc1C. The molecule has 0 aliphatic carbocycles. The molecule has 5 heteroatoms. The third kappa shape index (κ3) is 4.12. The van der Waals surface area contributed by atoms with Crippen molar-refractivity contribution in [3.63, 3.8) is 0 Å². The largest absolute Gasteiger partial charge is 0.383 e. The van der Waals surface area contributed by atoms with Gasteiger partial charge in [-0.3, -0.25) is 4.98 Å². The molecule has 0 saturated heterocycles. The Morgan fingerprint density at radius 2 is 2.25 bits per heavy atom. The maximum atomic E-state index is 5.82. The molecule has 1 aromatic heterocycles. The number of aryl methyl sites for hydroxylation is 2. The maximum Gasteiger partial charge on any atom is 0.147 e. The fraction of sp³-hybridized carbons (Fsp3) is 0.636. The van der Waals surface area contributed by atoms with Crippen LogP contribution in [0.1, 0.15) is 17.8 Å². The zero-order chi connectivity index (χ0) is 12.0. The normalized spacial score (nSPS) is 12.5. The second-order valence-electron chi connectivity index (χ2n) is 3.88. The molecule has 5 nitrogen and oxygen atoms in total. The van der Waals surface area contributed by atoms with E-state index in [9.17, 15) is 0 Å². The molecule has 1 aromatic rings. The molecule has 1 unspecified atom stereocenters. The quantitative estimate of drug-likeness (QED) is 0.750. The molecule has 0 aromatic carbocycles. The minimum Gasteiger partial charge on any atom is -0.383 e. The average Bonchev–Trinajstić information content (AvgIpc) is 2.23. The first-order valence-corrected chi connectivity index (χ1v) is 5.42. The summed E-state index contributed by atoms with van der Waals surface area (Å²) < 4.78 is 4.97. The lowest BCUT2D eigenvalue weighted by Gasteiger charge is -2.12. The van der Waals surface area contributed by atoms with Gasteiger partial charge in [0, 0.05) is 25.9 Å². The van der Waals surface area contributed by atoms with E-state index in [1.807, 2.05) is 13.8 Å². The molecule has 0 amide bonds. The average molecular weight is 224 g/mol. The summed E-state index contributed by atoms with van der Waals surface area (Å²) in [6.45, 7) is 5.22. The number of nitrogens with zero attached hydrogens (tertiary/aromatic N) is 2. The number of aromatic nitrogens is 2. The van der Waals surface area contributed by atoms with Crippen LogP contribution in [0.3, 0.4) is 0 Å². The van der Waals surface area contributed by atoms with Crippen LogP contribution >= 0.6 is 0 Å². The van der Waals surface area contributed by atoms with Gasteiger partial charge in [0.05, 0.1) is 18.0 Å². The van der Waals surface area contributed by atoms with E-state index >= 15 is 0 Å². The van der Waals surface area contributed by atoms with Crippen molar-refractivity contribution in [3.05, 3.63) is 17.6 Å². The first-order chi connectivity index (χ1) is 7.63. The van der Waals surface area contributed by atoms with Gasteiger partial charge in [-0.2, -0.15) is 0 Å². The Morgan fingerprint density at radius 3 is 2.94 bits per heavy atom. The van der Waals surface area contributed by atoms with Crippen LogP contribution in [-0.4, -0.2) is 36.3 Å². The van der Waals surface area contributed by atoms with E-state index in [0.29, 0.717) is 6.61 Å². The summed E-state index contributed by atoms with van der Waals surface area (Å²) in [6, 6.07) is 0.0653. The van der Waals surface area contributed by atoms with Gasteiger partial charge in [0.25, 0.3) is 0 Å². The number of hydrogen-bond donors (Lipinski definition) is 2. The highest BCUT2D eigenvalue weighted by Gasteiger charge is 2.04. The smallest absolute Gasteiger partial charge is 0.147 e. The van der Waals surface area contributed by atoms with Gasteiger partial charge in [-0.05, 0) is 20.3 Å². The lowest BCUT2D eigenvalue weighted by molar-refractivity contribution is 0.178. The van der Waals surface area contributed by atoms with E-state index in [4.69, 9.17) is 10.5 Å². The molecule has 90 valence electrons. The zero-order valence-electron chi connectivity index (χ0n) is 10.2. The molecule has 0 aliphatic rings. The number of methoxy groups -OCH3 is 1. The molecule has 16 heavy (non-hydrogen) atoms. The summed E-state index contributed by atoms with van der Waals surface area (Å²) in [4.78, 5) is 8.60. The lowest BCUT2D eigenvalue weighted by Crippen LogP contribution is -2.28. The molecule has 0 bridgehead atoms. The Morgan fingerprint density at radius 1 is 1.50 bits per heavy atom. The Kier molecular flexibility index (Phi) is 5.14. The number of nitrogens with two attached hydrogens (primary N) is 1. The van der Waals surface area contributed by atoms with Crippen LogP contribution in [0.25, 0.3) is 0 Å². The predicted molar refractivity (Wildman–Crippen MR) is 64.5 cm³/mol. The van der Waals surface area contributed by atoms with E-state index in [2.05, 4.69) is 15.3 Å². The van der Waals surface area contributed by atoms with E-state index in [0.717, 1.165) is 30.2 Å². The van der Waals surface area contributed by atoms with Crippen LogP contribution in [0, 0.1) is 13.8 Å². The highest BCUT2D eigenvalue weighted by molar-refractivity contribution is 5.39. The lowest BCUT2D eigenvalue weighted by atomic mass is 10.2. The molecule has 0 aliphatic heterocycles. The third-order valence-corrected chi connectivity index (χ3v) is 2.26. The Labute approximate surface area is 96.4 Å². The first kappa shape index (κ1) is 12.9. The van der Waals surface area contributed by atoms with Crippen LogP contribution in [0.5, 0.6) is 0 Å². The topological polar surface area (TPSA) is 73.1 Å². The van der Waals surface area contributed by atoms with Crippen molar-refractivity contribution in [3.8, 4) is 0 Å². The first-order valence-electron chi connectivity index (χ1n) is 5.42. The van der Waals surface area contributed by atoms with E-state index in [1.54, 1.807) is 13.3 Å². The molecular weight excluding hydrogens is 204 g/mol. The molecule has 1 heterocycles. The van der Waals surface area contributed by atoms with Crippen molar-refractivity contribution in [1.29, 1.82) is 0 Å². The number of ether oxygens (including phenoxy) is 1. The number of nitrogens with one attached hydrogen (secondary N) is 1. The molecular formula is C11H20N4O. The van der Waals surface area contributed by atoms with Gasteiger partial charge in [-0.1, -0.05) is 0 Å². The van der Waals surface area contributed by atoms with Crippen molar-refractivity contribution in [2.24, 2.45) is 5.73 Å². The van der Waals surface area contributed by atoms with Crippen LogP contribution in [0.2, 0.25) is 0 Å². The van der Waals surface area contributed by atoms with Crippen molar-refractivity contribution >= 4 is 5.82 Å². The maximum absolute atomic E-state index is 5.82. The molecule has 0 radical (unpaired) electrons. The second kappa shape index (κ2) is 6.40. The summed E-state index contributed by atoms with van der Waals surface area (Å²) in [5.74, 6) is 0.838. The summed E-state index contributed by atoms with van der Waals surface area (Å²) >= 11 is 0. The molecule has 0 saturated carbocycles. The second-order valence-corrected chi connectivity index (χ2v) is 3.88. The van der Waals surface area contributed by atoms with Crippen molar-refractivity contribution < 1.29 is 4.74 Å². The van der Waals surface area contributed by atoms with E-state index in [-0.39, 0.29) is 6.04 Å². The van der Waals surface area contributed by atoms with Crippen molar-refractivity contribution in [1.82, 2.24) is 9.97 Å². The Hall–Kier alpha value is -1.20. The van der Waals surface area contributed by atoms with Gasteiger partial charge >= 0.3 is 0 Å². The standard InChI is InChI=1S/C11H20N4O/c1-8-6-14-9(2)11(15-8)13-5-4-10(12)7-16-3/h6,10H,4-5,7,12H2,1-3H3,(H,13,15). The Bertz CT molecular complexity index is 330. The third-order valence-electron chi connectivity index (χ3n) is 2.26. The monoisotopic (exact) mass is 224 g/mol. The van der Waals surface area contributed by atoms with Crippen molar-refractivity contribution in [2.45, 2.75) is 26.3 Å². The van der Waals surface area contributed by atoms with Crippen molar-refractivity contribution in [2.75, 3.05) is 25.6 Å². The Balaban J connectivity index is 2.39.